The number of hydrogen-bond donors (Lipinski definition) is 2. The van der Waals surface area contributed by atoms with Gasteiger partial charge in [0.25, 0.3) is 11.8 Å². The molecule has 0 saturated carbocycles. The van der Waals surface area contributed by atoms with E-state index < -0.39 is 0 Å². The van der Waals surface area contributed by atoms with Crippen LogP contribution in [0.3, 0.4) is 0 Å². The SMILES string of the molecule is Cc1ccc(C(=O)NCc2cccc(COCc3ccccc3)c2)cc1NC(=O)c1ccccc1. The first-order chi connectivity index (χ1) is 17.1. The van der Waals surface area contributed by atoms with Crippen molar-refractivity contribution in [1.29, 1.82) is 0 Å². The first-order valence-electron chi connectivity index (χ1n) is 11.5. The smallest absolute Gasteiger partial charge is 0.255 e. The van der Waals surface area contributed by atoms with Gasteiger partial charge in [-0.05, 0) is 53.4 Å². The molecule has 0 atom stereocenters. The lowest BCUT2D eigenvalue weighted by atomic mass is 10.1. The minimum atomic E-state index is -0.211. The summed E-state index contributed by atoms with van der Waals surface area (Å²) in [5, 5.41) is 5.87. The maximum Gasteiger partial charge on any atom is 0.255 e. The molecule has 176 valence electrons. The number of hydrogen-bond acceptors (Lipinski definition) is 3. The zero-order valence-electron chi connectivity index (χ0n) is 19.7. The van der Waals surface area contributed by atoms with Gasteiger partial charge < -0.3 is 15.4 Å². The standard InChI is InChI=1S/C30H28N2O3/c1-22-15-16-27(18-28(22)32-30(34)26-13-6-3-7-14-26)29(33)31-19-24-11-8-12-25(17-24)21-35-20-23-9-4-2-5-10-23/h2-18H,19-21H2,1H3,(H,31,33)(H,32,34). The maximum absolute atomic E-state index is 12.8. The van der Waals surface area contributed by atoms with Crippen LogP contribution >= 0.6 is 0 Å². The fourth-order valence-electron chi connectivity index (χ4n) is 3.66. The molecule has 0 saturated heterocycles. The monoisotopic (exact) mass is 464 g/mol. The number of amides is 2. The summed E-state index contributed by atoms with van der Waals surface area (Å²) in [6.45, 7) is 3.34. The van der Waals surface area contributed by atoms with Gasteiger partial charge >= 0.3 is 0 Å². The Morgan fingerprint density at radius 2 is 1.31 bits per heavy atom. The van der Waals surface area contributed by atoms with Crippen LogP contribution in [0.5, 0.6) is 0 Å². The number of anilines is 1. The average Bonchev–Trinajstić information content (AvgIpc) is 2.90. The van der Waals surface area contributed by atoms with Crippen LogP contribution in [0.15, 0.2) is 103 Å². The average molecular weight is 465 g/mol. The van der Waals surface area contributed by atoms with Crippen molar-refractivity contribution in [3.63, 3.8) is 0 Å². The predicted molar refractivity (Wildman–Crippen MR) is 138 cm³/mol. The largest absolute Gasteiger partial charge is 0.372 e. The minimum absolute atomic E-state index is 0.203. The second-order valence-corrected chi connectivity index (χ2v) is 8.33. The summed E-state index contributed by atoms with van der Waals surface area (Å²) in [5.41, 5.74) is 5.72. The van der Waals surface area contributed by atoms with Gasteiger partial charge in [0.1, 0.15) is 0 Å². The van der Waals surface area contributed by atoms with Gasteiger partial charge in [-0.2, -0.15) is 0 Å². The molecule has 4 rings (SSSR count). The Hall–Kier alpha value is -4.22. The van der Waals surface area contributed by atoms with Crippen molar-refractivity contribution in [2.45, 2.75) is 26.7 Å². The van der Waals surface area contributed by atoms with Gasteiger partial charge in [0.15, 0.2) is 0 Å². The Morgan fingerprint density at radius 1 is 0.657 bits per heavy atom. The molecule has 0 fully saturated rings. The van der Waals surface area contributed by atoms with Gasteiger partial charge in [-0.3, -0.25) is 9.59 Å². The molecule has 0 radical (unpaired) electrons. The van der Waals surface area contributed by atoms with E-state index in [0.29, 0.717) is 36.6 Å². The Labute approximate surface area is 205 Å². The van der Waals surface area contributed by atoms with Crippen LogP contribution in [0.2, 0.25) is 0 Å². The fourth-order valence-corrected chi connectivity index (χ4v) is 3.66. The summed E-state index contributed by atoms with van der Waals surface area (Å²) in [7, 11) is 0. The molecule has 0 heterocycles. The van der Waals surface area contributed by atoms with Gasteiger partial charge in [0.05, 0.1) is 13.2 Å². The van der Waals surface area contributed by atoms with Gasteiger partial charge in [-0.15, -0.1) is 0 Å². The molecule has 0 aliphatic rings. The van der Waals surface area contributed by atoms with E-state index in [1.165, 1.54) is 0 Å². The van der Waals surface area contributed by atoms with Crippen molar-refractivity contribution >= 4 is 17.5 Å². The lowest BCUT2D eigenvalue weighted by Crippen LogP contribution is -2.23. The third-order valence-corrected chi connectivity index (χ3v) is 5.61. The molecule has 0 aromatic heterocycles. The minimum Gasteiger partial charge on any atom is -0.372 e. The molecule has 4 aromatic carbocycles. The molecule has 0 unspecified atom stereocenters. The quantitative estimate of drug-likeness (QED) is 0.324. The van der Waals surface area contributed by atoms with Crippen LogP contribution in [-0.2, 0) is 24.5 Å². The molecule has 4 aromatic rings. The first kappa shape index (κ1) is 23.9. The zero-order valence-corrected chi connectivity index (χ0v) is 19.7. The molecule has 0 bridgehead atoms. The zero-order chi connectivity index (χ0) is 24.5. The predicted octanol–water partition coefficient (Wildman–Crippen LogP) is 5.89. The summed E-state index contributed by atoms with van der Waals surface area (Å²) in [5.74, 6) is -0.413. The van der Waals surface area contributed by atoms with Gasteiger partial charge in [0.2, 0.25) is 0 Å². The number of ether oxygens (including phenoxy) is 1. The van der Waals surface area contributed by atoms with E-state index in [9.17, 15) is 9.59 Å². The highest BCUT2D eigenvalue weighted by Gasteiger charge is 2.11. The van der Waals surface area contributed by atoms with Crippen LogP contribution in [-0.4, -0.2) is 11.8 Å². The van der Waals surface area contributed by atoms with E-state index in [2.05, 4.69) is 10.6 Å². The van der Waals surface area contributed by atoms with Crippen molar-refractivity contribution in [2.24, 2.45) is 0 Å². The molecule has 2 amide bonds. The highest BCUT2D eigenvalue weighted by Crippen LogP contribution is 2.18. The topological polar surface area (TPSA) is 67.4 Å². The van der Waals surface area contributed by atoms with Crippen molar-refractivity contribution in [3.05, 3.63) is 137 Å². The highest BCUT2D eigenvalue weighted by atomic mass is 16.5. The van der Waals surface area contributed by atoms with Crippen LogP contribution in [0, 0.1) is 6.92 Å². The van der Waals surface area contributed by atoms with Crippen LogP contribution in [0.25, 0.3) is 0 Å². The van der Waals surface area contributed by atoms with Crippen molar-refractivity contribution in [2.75, 3.05) is 5.32 Å². The number of rotatable bonds is 9. The number of benzene rings is 4. The molecular weight excluding hydrogens is 436 g/mol. The summed E-state index contributed by atoms with van der Waals surface area (Å²) in [6.07, 6.45) is 0. The van der Waals surface area contributed by atoms with Gasteiger partial charge in [-0.25, -0.2) is 0 Å². The lowest BCUT2D eigenvalue weighted by molar-refractivity contribution is 0.0949. The summed E-state index contributed by atoms with van der Waals surface area (Å²) < 4.78 is 5.82. The lowest BCUT2D eigenvalue weighted by Gasteiger charge is -2.12. The van der Waals surface area contributed by atoms with Gasteiger partial charge in [-0.1, -0.05) is 78.9 Å². The highest BCUT2D eigenvalue weighted by molar-refractivity contribution is 6.05. The van der Waals surface area contributed by atoms with Crippen molar-refractivity contribution < 1.29 is 14.3 Å². The van der Waals surface area contributed by atoms with E-state index in [-0.39, 0.29) is 11.8 Å². The molecule has 0 aliphatic carbocycles. The molecule has 35 heavy (non-hydrogen) atoms. The van der Waals surface area contributed by atoms with Crippen molar-refractivity contribution in [3.8, 4) is 0 Å². The summed E-state index contributed by atoms with van der Waals surface area (Å²) in [6, 6.07) is 32.3. The molecule has 0 aliphatic heterocycles. The van der Waals surface area contributed by atoms with Crippen LogP contribution in [0.1, 0.15) is 43.0 Å². The van der Waals surface area contributed by atoms with Crippen molar-refractivity contribution in [1.82, 2.24) is 5.32 Å². The molecule has 2 N–H and O–H groups in total. The Balaban J connectivity index is 1.33. The Morgan fingerprint density at radius 3 is 2.09 bits per heavy atom. The fraction of sp³-hybridized carbons (Fsp3) is 0.133. The number of carbonyl (C=O) groups excluding carboxylic acids is 2. The first-order valence-corrected chi connectivity index (χ1v) is 11.5. The third kappa shape index (κ3) is 6.88. The van der Waals surface area contributed by atoms with E-state index in [0.717, 1.165) is 22.3 Å². The second kappa shape index (κ2) is 11.8. The third-order valence-electron chi connectivity index (χ3n) is 5.61. The maximum atomic E-state index is 12.8. The summed E-state index contributed by atoms with van der Waals surface area (Å²) in [4.78, 5) is 25.3. The number of carbonyl (C=O) groups is 2. The normalized spacial score (nSPS) is 10.5. The van der Waals surface area contributed by atoms with E-state index in [1.54, 1.807) is 24.3 Å². The Bertz CT molecular complexity index is 1290. The summed E-state index contributed by atoms with van der Waals surface area (Å²) >= 11 is 0. The van der Waals surface area contributed by atoms with E-state index >= 15 is 0 Å². The van der Waals surface area contributed by atoms with Crippen LogP contribution in [0.4, 0.5) is 5.69 Å². The number of aryl methyl sites for hydroxylation is 1. The molecule has 5 nitrogen and oxygen atoms in total. The molecular formula is C30H28N2O3. The van der Waals surface area contributed by atoms with E-state index in [4.69, 9.17) is 4.74 Å². The number of nitrogens with one attached hydrogen (secondary N) is 2. The molecule has 5 heteroatoms. The second-order valence-electron chi connectivity index (χ2n) is 8.33. The molecule has 0 spiro atoms. The van der Waals surface area contributed by atoms with Gasteiger partial charge in [0, 0.05) is 23.4 Å². The van der Waals surface area contributed by atoms with E-state index in [1.807, 2.05) is 85.8 Å². The van der Waals surface area contributed by atoms with Crippen LogP contribution < -0.4 is 10.6 Å². The Kier molecular flexibility index (Phi) is 8.04.